The number of likely N-dealkylation sites (tertiary alicyclic amines) is 1. The van der Waals surface area contributed by atoms with Crippen molar-refractivity contribution in [2.24, 2.45) is 11.1 Å². The van der Waals surface area contributed by atoms with Gasteiger partial charge < -0.3 is 10.8 Å². The lowest BCUT2D eigenvalue weighted by Crippen LogP contribution is -2.43. The van der Waals surface area contributed by atoms with Crippen molar-refractivity contribution in [3.05, 3.63) is 0 Å². The van der Waals surface area contributed by atoms with Crippen LogP contribution in [-0.2, 0) is 0 Å². The molecule has 1 aliphatic carbocycles. The molecule has 0 aromatic carbocycles. The van der Waals surface area contributed by atoms with Crippen molar-refractivity contribution in [1.82, 2.24) is 4.90 Å². The molecule has 1 aliphatic heterocycles. The number of nitrogens with zero attached hydrogens (tertiary/aromatic N) is 1. The molecule has 2 aliphatic rings. The zero-order valence-electron chi connectivity index (χ0n) is 11.4. The third-order valence-electron chi connectivity index (χ3n) is 5.42. The molecule has 3 heteroatoms. The first-order chi connectivity index (χ1) is 8.06. The first-order valence-corrected chi connectivity index (χ1v) is 7.20. The highest BCUT2D eigenvalue weighted by molar-refractivity contribution is 5.00. The molecule has 0 spiro atoms. The Morgan fingerprint density at radius 2 is 2.00 bits per heavy atom. The van der Waals surface area contributed by atoms with Gasteiger partial charge in [0.25, 0.3) is 0 Å². The van der Waals surface area contributed by atoms with Gasteiger partial charge in [0, 0.05) is 18.1 Å². The molecule has 1 saturated carbocycles. The molecule has 2 unspecified atom stereocenters. The van der Waals surface area contributed by atoms with Gasteiger partial charge in [-0.2, -0.15) is 0 Å². The maximum Gasteiger partial charge on any atom is 0.0611 e. The lowest BCUT2D eigenvalue weighted by Gasteiger charge is -2.30. The topological polar surface area (TPSA) is 49.5 Å². The van der Waals surface area contributed by atoms with Crippen LogP contribution in [0.1, 0.15) is 52.4 Å². The Labute approximate surface area is 105 Å². The van der Waals surface area contributed by atoms with Crippen LogP contribution in [0.2, 0.25) is 0 Å². The fourth-order valence-corrected chi connectivity index (χ4v) is 3.69. The SMILES string of the molecule is CCC1(CC)CCN(C2CCC(N)(CO)C2)C1. The number of nitrogens with two attached hydrogens (primary N) is 1. The van der Waals surface area contributed by atoms with E-state index in [4.69, 9.17) is 5.73 Å². The first-order valence-electron chi connectivity index (χ1n) is 7.20. The molecular weight excluding hydrogens is 212 g/mol. The second-order valence-electron chi connectivity index (χ2n) is 6.34. The van der Waals surface area contributed by atoms with Gasteiger partial charge in [-0.05, 0) is 50.5 Å². The minimum absolute atomic E-state index is 0.143. The molecule has 2 rings (SSSR count). The Balaban J connectivity index is 1.94. The predicted molar refractivity (Wildman–Crippen MR) is 70.8 cm³/mol. The highest BCUT2D eigenvalue weighted by Crippen LogP contribution is 2.41. The van der Waals surface area contributed by atoms with Crippen LogP contribution in [0, 0.1) is 5.41 Å². The lowest BCUT2D eigenvalue weighted by molar-refractivity contribution is 0.167. The number of hydrogen-bond acceptors (Lipinski definition) is 3. The van der Waals surface area contributed by atoms with E-state index in [2.05, 4.69) is 18.7 Å². The zero-order valence-corrected chi connectivity index (χ0v) is 11.4. The Bertz CT molecular complexity index is 265. The third kappa shape index (κ3) is 2.51. The van der Waals surface area contributed by atoms with E-state index in [1.165, 1.54) is 38.8 Å². The van der Waals surface area contributed by atoms with Crippen molar-refractivity contribution in [3.8, 4) is 0 Å². The summed E-state index contributed by atoms with van der Waals surface area (Å²) in [6.45, 7) is 7.26. The van der Waals surface area contributed by atoms with Gasteiger partial charge in [-0.1, -0.05) is 13.8 Å². The quantitative estimate of drug-likeness (QED) is 0.787. The van der Waals surface area contributed by atoms with Crippen LogP contribution in [0.15, 0.2) is 0 Å². The van der Waals surface area contributed by atoms with Crippen LogP contribution < -0.4 is 5.73 Å². The van der Waals surface area contributed by atoms with E-state index in [9.17, 15) is 5.11 Å². The summed E-state index contributed by atoms with van der Waals surface area (Å²) in [4.78, 5) is 2.64. The van der Waals surface area contributed by atoms with Crippen molar-refractivity contribution in [2.75, 3.05) is 19.7 Å². The van der Waals surface area contributed by atoms with Crippen molar-refractivity contribution >= 4 is 0 Å². The molecule has 100 valence electrons. The maximum atomic E-state index is 9.34. The van der Waals surface area contributed by atoms with Gasteiger partial charge in [0.2, 0.25) is 0 Å². The Morgan fingerprint density at radius 3 is 2.47 bits per heavy atom. The molecule has 0 aromatic rings. The smallest absolute Gasteiger partial charge is 0.0611 e. The summed E-state index contributed by atoms with van der Waals surface area (Å²) in [6.07, 6.45) is 7.05. The van der Waals surface area contributed by atoms with E-state index < -0.39 is 0 Å². The number of rotatable bonds is 4. The third-order valence-corrected chi connectivity index (χ3v) is 5.42. The van der Waals surface area contributed by atoms with Gasteiger partial charge >= 0.3 is 0 Å². The zero-order chi connectivity index (χ0) is 12.5. The van der Waals surface area contributed by atoms with E-state index >= 15 is 0 Å². The highest BCUT2D eigenvalue weighted by Gasteiger charge is 2.43. The first kappa shape index (κ1) is 13.3. The average molecular weight is 240 g/mol. The molecule has 17 heavy (non-hydrogen) atoms. The lowest BCUT2D eigenvalue weighted by atomic mass is 9.82. The molecule has 0 radical (unpaired) electrons. The summed E-state index contributed by atoms with van der Waals surface area (Å²) in [7, 11) is 0. The van der Waals surface area contributed by atoms with E-state index in [-0.39, 0.29) is 12.1 Å². The van der Waals surface area contributed by atoms with Gasteiger partial charge in [0.05, 0.1) is 6.61 Å². The number of aliphatic hydroxyl groups is 1. The molecule has 0 amide bonds. The minimum Gasteiger partial charge on any atom is -0.394 e. The van der Waals surface area contributed by atoms with Gasteiger partial charge in [-0.3, -0.25) is 4.90 Å². The Morgan fingerprint density at radius 1 is 1.29 bits per heavy atom. The van der Waals surface area contributed by atoms with Crippen LogP contribution in [0.5, 0.6) is 0 Å². The predicted octanol–water partition coefficient (Wildman–Crippen LogP) is 1.74. The van der Waals surface area contributed by atoms with Crippen molar-refractivity contribution < 1.29 is 5.11 Å². The minimum atomic E-state index is -0.297. The van der Waals surface area contributed by atoms with Crippen molar-refractivity contribution in [1.29, 1.82) is 0 Å². The summed E-state index contributed by atoms with van der Waals surface area (Å²) < 4.78 is 0. The van der Waals surface area contributed by atoms with E-state index in [0.717, 1.165) is 12.8 Å². The van der Waals surface area contributed by atoms with Gasteiger partial charge in [-0.25, -0.2) is 0 Å². The number of aliphatic hydroxyl groups excluding tert-OH is 1. The molecule has 0 aromatic heterocycles. The molecule has 2 fully saturated rings. The molecule has 1 saturated heterocycles. The average Bonchev–Trinajstić information content (AvgIpc) is 2.94. The van der Waals surface area contributed by atoms with Crippen LogP contribution in [0.25, 0.3) is 0 Å². The molecular formula is C14H28N2O. The summed E-state index contributed by atoms with van der Waals surface area (Å²) in [5, 5.41) is 9.34. The summed E-state index contributed by atoms with van der Waals surface area (Å²) in [6, 6.07) is 0.618. The molecule has 2 atom stereocenters. The normalized spacial score (nSPS) is 37.8. The van der Waals surface area contributed by atoms with Crippen LogP contribution >= 0.6 is 0 Å². The van der Waals surface area contributed by atoms with Crippen molar-refractivity contribution in [3.63, 3.8) is 0 Å². The number of hydrogen-bond donors (Lipinski definition) is 2. The molecule has 3 nitrogen and oxygen atoms in total. The Kier molecular flexibility index (Phi) is 3.81. The summed E-state index contributed by atoms with van der Waals surface area (Å²) in [5.41, 5.74) is 6.43. The fourth-order valence-electron chi connectivity index (χ4n) is 3.69. The van der Waals surface area contributed by atoms with Crippen LogP contribution in [-0.4, -0.2) is 41.3 Å². The molecule has 3 N–H and O–H groups in total. The molecule has 0 bridgehead atoms. The maximum absolute atomic E-state index is 9.34. The monoisotopic (exact) mass is 240 g/mol. The fraction of sp³-hybridized carbons (Fsp3) is 1.00. The second kappa shape index (κ2) is 4.87. The largest absolute Gasteiger partial charge is 0.394 e. The second-order valence-corrected chi connectivity index (χ2v) is 6.34. The Hall–Kier alpha value is -0.120. The van der Waals surface area contributed by atoms with Gasteiger partial charge in [0.15, 0.2) is 0 Å². The van der Waals surface area contributed by atoms with Crippen LogP contribution in [0.4, 0.5) is 0 Å². The van der Waals surface area contributed by atoms with Crippen LogP contribution in [0.3, 0.4) is 0 Å². The standard InChI is InChI=1S/C14H28N2O/c1-3-13(4-2)7-8-16(10-13)12-5-6-14(15,9-12)11-17/h12,17H,3-11,15H2,1-2H3. The van der Waals surface area contributed by atoms with E-state index in [0.29, 0.717) is 11.5 Å². The molecule has 1 heterocycles. The van der Waals surface area contributed by atoms with Gasteiger partial charge in [-0.15, -0.1) is 0 Å². The summed E-state index contributed by atoms with van der Waals surface area (Å²) in [5.74, 6) is 0. The van der Waals surface area contributed by atoms with E-state index in [1.54, 1.807) is 0 Å². The highest BCUT2D eigenvalue weighted by atomic mass is 16.3. The van der Waals surface area contributed by atoms with Gasteiger partial charge in [0.1, 0.15) is 0 Å². The van der Waals surface area contributed by atoms with Crippen molar-refractivity contribution in [2.45, 2.75) is 64.0 Å². The van der Waals surface area contributed by atoms with E-state index in [1.807, 2.05) is 0 Å². The summed E-state index contributed by atoms with van der Waals surface area (Å²) >= 11 is 0.